The second kappa shape index (κ2) is 7.73. The molecule has 1 aliphatic rings. The van der Waals surface area contributed by atoms with E-state index in [4.69, 9.17) is 9.47 Å². The number of carbonyl (C=O) groups excluding carboxylic acids is 1. The van der Waals surface area contributed by atoms with Crippen molar-refractivity contribution in [1.82, 2.24) is 15.1 Å². The molecule has 3 rings (SSSR count). The summed E-state index contributed by atoms with van der Waals surface area (Å²) in [5, 5.41) is 9.70. The molecule has 1 aliphatic heterocycles. The zero-order valence-corrected chi connectivity index (χ0v) is 17.4. The molecule has 30 heavy (non-hydrogen) atoms. The molecule has 1 aromatic carbocycles. The Labute approximate surface area is 172 Å². The van der Waals surface area contributed by atoms with Gasteiger partial charge in [0, 0.05) is 12.0 Å². The predicted octanol–water partition coefficient (Wildman–Crippen LogP) is 4.09. The summed E-state index contributed by atoms with van der Waals surface area (Å²) in [4.78, 5) is 12.7. The van der Waals surface area contributed by atoms with Gasteiger partial charge >= 0.3 is 6.18 Å². The number of amides is 1. The second-order valence-corrected chi connectivity index (χ2v) is 8.16. The van der Waals surface area contributed by atoms with Gasteiger partial charge in [-0.25, -0.2) is 4.68 Å². The fraction of sp³-hybridized carbons (Fsp3) is 0.500. The van der Waals surface area contributed by atoms with E-state index in [9.17, 15) is 18.0 Å². The maximum Gasteiger partial charge on any atom is 0.410 e. The van der Waals surface area contributed by atoms with Crippen molar-refractivity contribution in [2.45, 2.75) is 51.0 Å². The van der Waals surface area contributed by atoms with Crippen LogP contribution in [0.25, 0.3) is 0 Å². The van der Waals surface area contributed by atoms with Crippen LogP contribution in [0.5, 0.6) is 11.5 Å². The monoisotopic (exact) mass is 426 g/mol. The van der Waals surface area contributed by atoms with Crippen molar-refractivity contribution in [1.29, 1.82) is 0 Å². The minimum Gasteiger partial charge on any atom is -0.493 e. The van der Waals surface area contributed by atoms with Crippen LogP contribution >= 0.6 is 0 Å². The normalized spacial score (nSPS) is 18.9. The number of alkyl halides is 3. The lowest BCUT2D eigenvalue weighted by Crippen LogP contribution is -2.41. The Morgan fingerprint density at radius 3 is 2.43 bits per heavy atom. The third-order valence-electron chi connectivity index (χ3n) is 4.78. The van der Waals surface area contributed by atoms with Crippen LogP contribution in [-0.4, -0.2) is 41.6 Å². The smallest absolute Gasteiger partial charge is 0.410 e. The van der Waals surface area contributed by atoms with Gasteiger partial charge in [0.05, 0.1) is 26.5 Å². The number of halogens is 3. The number of carbonyl (C=O) groups is 1. The average Bonchev–Trinajstić information content (AvgIpc) is 3.08. The quantitative estimate of drug-likeness (QED) is 0.770. The molecule has 7 nitrogen and oxygen atoms in total. The van der Waals surface area contributed by atoms with Crippen molar-refractivity contribution < 1.29 is 27.4 Å². The summed E-state index contributed by atoms with van der Waals surface area (Å²) in [7, 11) is 2.94. The molecule has 2 atom stereocenters. The molecule has 0 spiro atoms. The first-order valence-corrected chi connectivity index (χ1v) is 9.40. The fourth-order valence-electron chi connectivity index (χ4n) is 3.42. The van der Waals surface area contributed by atoms with Crippen LogP contribution in [0.1, 0.15) is 55.2 Å². The Morgan fingerprint density at radius 2 is 1.87 bits per heavy atom. The Hall–Kier alpha value is -2.91. The van der Waals surface area contributed by atoms with E-state index in [0.29, 0.717) is 17.1 Å². The zero-order chi connectivity index (χ0) is 22.3. The largest absolute Gasteiger partial charge is 0.493 e. The average molecular weight is 426 g/mol. The van der Waals surface area contributed by atoms with Gasteiger partial charge in [0.1, 0.15) is 11.4 Å². The lowest BCUT2D eigenvalue weighted by molar-refractivity contribution is -0.173. The lowest BCUT2D eigenvalue weighted by atomic mass is 9.96. The summed E-state index contributed by atoms with van der Waals surface area (Å²) >= 11 is 0. The van der Waals surface area contributed by atoms with Gasteiger partial charge in [-0.1, -0.05) is 6.07 Å². The van der Waals surface area contributed by atoms with Gasteiger partial charge in [-0.05, 0) is 38.5 Å². The molecular formula is C20H25F3N4O3. The van der Waals surface area contributed by atoms with Crippen molar-refractivity contribution in [3.05, 3.63) is 35.5 Å². The Balaban J connectivity index is 2.03. The summed E-state index contributed by atoms with van der Waals surface area (Å²) in [5.74, 6) is 0.417. The van der Waals surface area contributed by atoms with E-state index >= 15 is 0 Å². The molecule has 0 aliphatic carbocycles. The number of anilines is 1. The van der Waals surface area contributed by atoms with E-state index < -0.39 is 29.7 Å². The molecule has 2 N–H and O–H groups in total. The summed E-state index contributed by atoms with van der Waals surface area (Å²) in [6.07, 6.45) is -3.65. The van der Waals surface area contributed by atoms with E-state index in [1.54, 1.807) is 39.0 Å². The number of nitrogens with one attached hydrogen (secondary N) is 2. The Bertz CT molecular complexity index is 934. The molecule has 10 heteroatoms. The summed E-state index contributed by atoms with van der Waals surface area (Å²) in [5.41, 5.74) is 0.0908. The van der Waals surface area contributed by atoms with Crippen molar-refractivity contribution in [3.63, 3.8) is 0 Å². The highest BCUT2D eigenvalue weighted by Crippen LogP contribution is 2.45. The van der Waals surface area contributed by atoms with Crippen LogP contribution < -0.4 is 20.1 Å². The SMILES string of the molecule is COc1ccc(C2CC(C(F)(F)F)n3ncc(C(=O)NC(C)(C)C)c3N2)cc1OC. The first kappa shape index (κ1) is 21.8. The third kappa shape index (κ3) is 4.31. The number of methoxy groups -OCH3 is 2. The number of nitrogens with zero attached hydrogens (tertiary/aromatic N) is 2. The topological polar surface area (TPSA) is 77.4 Å². The maximum absolute atomic E-state index is 13.8. The number of aromatic nitrogens is 2. The van der Waals surface area contributed by atoms with E-state index in [0.717, 1.165) is 4.68 Å². The van der Waals surface area contributed by atoms with Crippen LogP contribution in [0.4, 0.5) is 19.0 Å². The van der Waals surface area contributed by atoms with Crippen molar-refractivity contribution in [3.8, 4) is 11.5 Å². The molecule has 2 heterocycles. The van der Waals surface area contributed by atoms with Crippen LogP contribution in [0, 0.1) is 0 Å². The molecule has 2 unspecified atom stereocenters. The maximum atomic E-state index is 13.8. The first-order chi connectivity index (χ1) is 13.9. The number of rotatable bonds is 4. The summed E-state index contributed by atoms with van der Waals surface area (Å²) < 4.78 is 52.8. The molecule has 0 radical (unpaired) electrons. The molecule has 0 bridgehead atoms. The van der Waals surface area contributed by atoms with Gasteiger partial charge in [-0.2, -0.15) is 18.3 Å². The van der Waals surface area contributed by atoms with Gasteiger partial charge in [0.25, 0.3) is 5.91 Å². The van der Waals surface area contributed by atoms with Gasteiger partial charge in [0.15, 0.2) is 17.5 Å². The van der Waals surface area contributed by atoms with E-state index in [1.807, 2.05) is 0 Å². The number of fused-ring (bicyclic) bond motifs is 1. The van der Waals surface area contributed by atoms with Crippen molar-refractivity contribution >= 4 is 11.7 Å². The van der Waals surface area contributed by atoms with E-state index in [1.165, 1.54) is 20.4 Å². The summed E-state index contributed by atoms with van der Waals surface area (Å²) in [6, 6.07) is 2.36. The molecule has 1 amide bonds. The molecule has 164 valence electrons. The Kier molecular flexibility index (Phi) is 5.62. The molecule has 1 aromatic heterocycles. The molecular weight excluding hydrogens is 401 g/mol. The number of ether oxygens (including phenoxy) is 2. The standard InChI is InChI=1S/C20H25F3N4O3/c1-19(2,3)26-18(28)12-10-24-27-16(20(21,22)23)9-13(25-17(12)27)11-6-7-14(29-4)15(8-11)30-5/h6-8,10,13,16,25H,9H2,1-5H3,(H,26,28). The molecule has 0 saturated carbocycles. The van der Waals surface area contributed by atoms with Gasteiger partial charge in [-0.3, -0.25) is 4.79 Å². The van der Waals surface area contributed by atoms with Crippen molar-refractivity contribution in [2.75, 3.05) is 19.5 Å². The van der Waals surface area contributed by atoms with Crippen LogP contribution in [0.2, 0.25) is 0 Å². The van der Waals surface area contributed by atoms with Gasteiger partial charge in [-0.15, -0.1) is 0 Å². The van der Waals surface area contributed by atoms with Crippen molar-refractivity contribution in [2.24, 2.45) is 0 Å². The highest BCUT2D eigenvalue weighted by Gasteiger charge is 2.47. The number of benzene rings is 1. The van der Waals surface area contributed by atoms with Gasteiger partial charge < -0.3 is 20.1 Å². The predicted molar refractivity (Wildman–Crippen MR) is 105 cm³/mol. The van der Waals surface area contributed by atoms with E-state index in [2.05, 4.69) is 15.7 Å². The first-order valence-electron chi connectivity index (χ1n) is 9.40. The minimum atomic E-state index is -4.53. The van der Waals surface area contributed by atoms with Crippen LogP contribution in [0.15, 0.2) is 24.4 Å². The second-order valence-electron chi connectivity index (χ2n) is 8.16. The highest BCUT2D eigenvalue weighted by atomic mass is 19.4. The summed E-state index contributed by atoms with van der Waals surface area (Å²) in [6.45, 7) is 5.37. The minimum absolute atomic E-state index is 0.0325. The lowest BCUT2D eigenvalue weighted by Gasteiger charge is -2.34. The van der Waals surface area contributed by atoms with Crippen LogP contribution in [-0.2, 0) is 0 Å². The van der Waals surface area contributed by atoms with Crippen LogP contribution in [0.3, 0.4) is 0 Å². The van der Waals surface area contributed by atoms with E-state index in [-0.39, 0.29) is 17.8 Å². The molecule has 2 aromatic rings. The number of hydrogen-bond donors (Lipinski definition) is 2. The third-order valence-corrected chi connectivity index (χ3v) is 4.78. The fourth-order valence-corrected chi connectivity index (χ4v) is 3.42. The molecule has 0 saturated heterocycles. The Morgan fingerprint density at radius 1 is 1.20 bits per heavy atom. The highest BCUT2D eigenvalue weighted by molar-refractivity contribution is 5.99. The number of hydrogen-bond acceptors (Lipinski definition) is 5. The van der Waals surface area contributed by atoms with Gasteiger partial charge in [0.2, 0.25) is 0 Å². The molecule has 0 fully saturated rings. The zero-order valence-electron chi connectivity index (χ0n) is 17.4.